The molecule has 0 amide bonds. The molecule has 3 heterocycles. The quantitative estimate of drug-likeness (QED) is 0.673. The number of nitrogens with one attached hydrogen (secondary N) is 1. The number of hydrogen-bond acceptors (Lipinski definition) is 5. The van der Waals surface area contributed by atoms with E-state index in [1.54, 1.807) is 12.4 Å². The summed E-state index contributed by atoms with van der Waals surface area (Å²) in [5.41, 5.74) is 3.64. The molecule has 0 radical (unpaired) electrons. The summed E-state index contributed by atoms with van der Waals surface area (Å²) in [5, 5.41) is 8.08. The van der Waals surface area contributed by atoms with E-state index in [1.807, 2.05) is 41.1 Å². The molecule has 1 N–H and O–H groups in total. The monoisotopic (exact) mass is 421 g/mol. The molecule has 27 heavy (non-hydrogen) atoms. The van der Waals surface area contributed by atoms with Crippen LogP contribution < -0.4 is 5.32 Å². The van der Waals surface area contributed by atoms with Gasteiger partial charge in [0.15, 0.2) is 11.6 Å². The third-order valence-corrected chi connectivity index (χ3v) is 5.50. The Balaban J connectivity index is 1.68. The summed E-state index contributed by atoms with van der Waals surface area (Å²) >= 11 is 3.48. The third kappa shape index (κ3) is 2.78. The van der Waals surface area contributed by atoms with Gasteiger partial charge in [0, 0.05) is 40.1 Å². The summed E-state index contributed by atoms with van der Waals surface area (Å²) in [6, 6.07) is 11.6. The highest BCUT2D eigenvalue weighted by molar-refractivity contribution is 9.10. The normalized spacial score (nSPS) is 18.7. The molecule has 0 saturated heterocycles. The Morgan fingerprint density at radius 2 is 2.00 bits per heavy atom. The van der Waals surface area contributed by atoms with Gasteiger partial charge in [-0.3, -0.25) is 9.78 Å². The van der Waals surface area contributed by atoms with Crippen molar-refractivity contribution in [2.24, 2.45) is 0 Å². The van der Waals surface area contributed by atoms with E-state index in [0.717, 1.165) is 39.7 Å². The molecular weight excluding hydrogens is 406 g/mol. The van der Waals surface area contributed by atoms with Crippen molar-refractivity contribution in [3.05, 3.63) is 70.1 Å². The number of rotatable bonds is 2. The second-order valence-electron chi connectivity index (χ2n) is 6.69. The Labute approximate surface area is 164 Å². The fourth-order valence-corrected chi connectivity index (χ4v) is 3.99. The second kappa shape index (κ2) is 6.42. The van der Waals surface area contributed by atoms with Gasteiger partial charge in [0.25, 0.3) is 0 Å². The molecule has 2 aromatic heterocycles. The molecule has 134 valence electrons. The zero-order chi connectivity index (χ0) is 18.4. The molecule has 1 aliphatic heterocycles. The predicted octanol–water partition coefficient (Wildman–Crippen LogP) is 4.12. The average Bonchev–Trinajstić information content (AvgIpc) is 3.12. The Hall–Kier alpha value is -2.80. The highest BCUT2D eigenvalue weighted by atomic mass is 79.9. The third-order valence-electron chi connectivity index (χ3n) is 4.97. The van der Waals surface area contributed by atoms with E-state index in [-0.39, 0.29) is 11.8 Å². The number of Topliss-reactive ketones (excluding diaryl/α,β-unsaturated/α-hetero) is 1. The molecule has 1 aromatic carbocycles. The second-order valence-corrected chi connectivity index (χ2v) is 7.61. The number of pyridine rings is 1. The lowest BCUT2D eigenvalue weighted by Crippen LogP contribution is -2.31. The van der Waals surface area contributed by atoms with Crippen LogP contribution in [0.15, 0.2) is 64.5 Å². The first kappa shape index (κ1) is 16.4. The maximum Gasteiger partial charge on any atom is 0.226 e. The van der Waals surface area contributed by atoms with Crippen molar-refractivity contribution in [1.29, 1.82) is 0 Å². The summed E-state index contributed by atoms with van der Waals surface area (Å²) in [6.45, 7) is 0. The van der Waals surface area contributed by atoms with Gasteiger partial charge in [-0.25, -0.2) is 4.68 Å². The molecule has 5 rings (SSSR count). The molecular formula is C20H16BrN5O. The Kier molecular flexibility index (Phi) is 3.89. The van der Waals surface area contributed by atoms with Crippen LogP contribution in [0.3, 0.4) is 0 Å². The first-order valence-electron chi connectivity index (χ1n) is 8.86. The van der Waals surface area contributed by atoms with E-state index in [2.05, 4.69) is 31.2 Å². The van der Waals surface area contributed by atoms with Crippen molar-refractivity contribution >= 4 is 27.7 Å². The van der Waals surface area contributed by atoms with Gasteiger partial charge in [-0.1, -0.05) is 28.1 Å². The number of anilines is 1. The molecule has 0 bridgehead atoms. The van der Waals surface area contributed by atoms with Crippen molar-refractivity contribution < 1.29 is 4.79 Å². The van der Waals surface area contributed by atoms with Crippen molar-refractivity contribution in [2.45, 2.75) is 25.3 Å². The minimum atomic E-state index is -0.268. The first-order chi connectivity index (χ1) is 13.2. The molecule has 1 aliphatic carbocycles. The number of benzene rings is 1. The zero-order valence-electron chi connectivity index (χ0n) is 14.4. The van der Waals surface area contributed by atoms with E-state index < -0.39 is 0 Å². The SMILES string of the molecule is O=C1CCCC2=C1C(c1ccc(Br)cc1)n1nc(-c3cccnc3)nc1N2. The van der Waals surface area contributed by atoms with E-state index in [4.69, 9.17) is 5.10 Å². The van der Waals surface area contributed by atoms with Gasteiger partial charge in [0.2, 0.25) is 5.95 Å². The average molecular weight is 422 g/mol. The number of nitrogens with zero attached hydrogens (tertiary/aromatic N) is 4. The molecule has 6 nitrogen and oxygen atoms in total. The first-order valence-corrected chi connectivity index (χ1v) is 9.65. The summed E-state index contributed by atoms with van der Waals surface area (Å²) in [4.78, 5) is 21.6. The molecule has 2 aliphatic rings. The van der Waals surface area contributed by atoms with Crippen LogP contribution in [-0.4, -0.2) is 25.5 Å². The Morgan fingerprint density at radius 3 is 2.78 bits per heavy atom. The van der Waals surface area contributed by atoms with Crippen molar-refractivity contribution in [2.75, 3.05) is 5.32 Å². The Bertz CT molecular complexity index is 1060. The number of carbonyl (C=O) groups excluding carboxylic acids is 1. The number of halogens is 1. The standard InChI is InChI=1S/C20H16BrN5O/c21-14-8-6-12(7-9-14)18-17-15(4-1-5-16(17)27)23-20-24-19(25-26(18)20)13-3-2-10-22-11-13/h2-3,6-11,18H,1,4-5H2,(H,23,24,25). The topological polar surface area (TPSA) is 72.7 Å². The van der Waals surface area contributed by atoms with Crippen molar-refractivity contribution in [3.63, 3.8) is 0 Å². The van der Waals surface area contributed by atoms with Gasteiger partial charge >= 0.3 is 0 Å². The van der Waals surface area contributed by atoms with Gasteiger partial charge < -0.3 is 5.32 Å². The molecule has 3 aromatic rings. The lowest BCUT2D eigenvalue weighted by Gasteiger charge is -2.32. The summed E-state index contributed by atoms with van der Waals surface area (Å²) in [7, 11) is 0. The number of fused-ring (bicyclic) bond motifs is 1. The zero-order valence-corrected chi connectivity index (χ0v) is 16.0. The van der Waals surface area contributed by atoms with Crippen molar-refractivity contribution in [3.8, 4) is 11.4 Å². The van der Waals surface area contributed by atoms with Crippen LogP contribution in [0.25, 0.3) is 11.4 Å². The van der Waals surface area contributed by atoms with E-state index in [0.29, 0.717) is 18.2 Å². The van der Waals surface area contributed by atoms with Gasteiger partial charge in [-0.15, -0.1) is 5.10 Å². The summed E-state index contributed by atoms with van der Waals surface area (Å²) in [6.07, 6.45) is 5.76. The van der Waals surface area contributed by atoms with Gasteiger partial charge in [0.1, 0.15) is 6.04 Å². The van der Waals surface area contributed by atoms with Gasteiger partial charge in [0.05, 0.1) is 0 Å². The number of allylic oxidation sites excluding steroid dienone is 2. The summed E-state index contributed by atoms with van der Waals surface area (Å²) in [5.74, 6) is 1.44. The fourth-order valence-electron chi connectivity index (χ4n) is 3.73. The molecule has 7 heteroatoms. The van der Waals surface area contributed by atoms with Crippen LogP contribution in [0.2, 0.25) is 0 Å². The maximum atomic E-state index is 12.8. The molecule has 0 saturated carbocycles. The maximum absolute atomic E-state index is 12.8. The molecule has 1 atom stereocenters. The highest BCUT2D eigenvalue weighted by Gasteiger charge is 2.36. The van der Waals surface area contributed by atoms with Gasteiger partial charge in [-0.05, 0) is 42.7 Å². The molecule has 1 unspecified atom stereocenters. The van der Waals surface area contributed by atoms with Crippen LogP contribution >= 0.6 is 15.9 Å². The van der Waals surface area contributed by atoms with Crippen LogP contribution in [0.5, 0.6) is 0 Å². The smallest absolute Gasteiger partial charge is 0.226 e. The number of aromatic nitrogens is 4. The predicted molar refractivity (Wildman–Crippen MR) is 105 cm³/mol. The lowest BCUT2D eigenvalue weighted by molar-refractivity contribution is -0.116. The van der Waals surface area contributed by atoms with Gasteiger partial charge in [-0.2, -0.15) is 4.98 Å². The number of carbonyl (C=O) groups is 1. The van der Waals surface area contributed by atoms with Crippen LogP contribution in [-0.2, 0) is 4.79 Å². The molecule has 0 fully saturated rings. The Morgan fingerprint density at radius 1 is 1.15 bits per heavy atom. The van der Waals surface area contributed by atoms with Crippen LogP contribution in [0, 0.1) is 0 Å². The number of ketones is 1. The van der Waals surface area contributed by atoms with Crippen LogP contribution in [0.4, 0.5) is 5.95 Å². The van der Waals surface area contributed by atoms with E-state index in [9.17, 15) is 4.79 Å². The largest absolute Gasteiger partial charge is 0.328 e. The fraction of sp³-hybridized carbons (Fsp3) is 0.200. The highest BCUT2D eigenvalue weighted by Crippen LogP contribution is 2.40. The van der Waals surface area contributed by atoms with Crippen molar-refractivity contribution in [1.82, 2.24) is 19.7 Å². The minimum Gasteiger partial charge on any atom is -0.328 e. The minimum absolute atomic E-state index is 0.181. The van der Waals surface area contributed by atoms with E-state index >= 15 is 0 Å². The lowest BCUT2D eigenvalue weighted by atomic mass is 9.85. The summed E-state index contributed by atoms with van der Waals surface area (Å²) < 4.78 is 2.83. The molecule has 0 spiro atoms. The number of hydrogen-bond donors (Lipinski definition) is 1. The van der Waals surface area contributed by atoms with Crippen LogP contribution in [0.1, 0.15) is 30.9 Å². The van der Waals surface area contributed by atoms with E-state index in [1.165, 1.54) is 0 Å².